The molecule has 3 heterocycles. The Balaban J connectivity index is 1.48. The van der Waals surface area contributed by atoms with E-state index in [9.17, 15) is 4.79 Å². The molecule has 0 unspecified atom stereocenters. The van der Waals surface area contributed by atoms with Crippen LogP contribution in [0.2, 0.25) is 5.22 Å². The molecule has 0 bridgehead atoms. The van der Waals surface area contributed by atoms with Gasteiger partial charge in [-0.15, -0.1) is 11.3 Å². The van der Waals surface area contributed by atoms with Crippen LogP contribution in [0.5, 0.6) is 0 Å². The smallest absolute Gasteiger partial charge is 0.263 e. The molecule has 8 heteroatoms. The molecular weight excluding hydrogens is 386 g/mol. The highest BCUT2D eigenvalue weighted by atomic mass is 35.5. The van der Waals surface area contributed by atoms with Crippen molar-refractivity contribution in [2.24, 2.45) is 0 Å². The molecule has 2 fully saturated rings. The van der Waals surface area contributed by atoms with Crippen molar-refractivity contribution in [3.63, 3.8) is 0 Å². The molecule has 0 radical (unpaired) electrons. The SMILES string of the molecule is Cc1ncsc1C(=O)N[C@H]1CCCC[C@]12CN(Cc1ccc(Cl)o1)CCO2. The summed E-state index contributed by atoms with van der Waals surface area (Å²) in [5, 5.41) is 3.66. The van der Waals surface area contributed by atoms with Crippen molar-refractivity contribution < 1.29 is 13.9 Å². The Morgan fingerprint density at radius 2 is 2.37 bits per heavy atom. The van der Waals surface area contributed by atoms with Gasteiger partial charge in [-0.1, -0.05) is 12.8 Å². The molecule has 2 aromatic rings. The van der Waals surface area contributed by atoms with Crippen LogP contribution in [0.4, 0.5) is 0 Å². The minimum absolute atomic E-state index is 0.00300. The summed E-state index contributed by atoms with van der Waals surface area (Å²) in [4.78, 5) is 20.0. The van der Waals surface area contributed by atoms with E-state index in [4.69, 9.17) is 20.8 Å². The first-order valence-corrected chi connectivity index (χ1v) is 10.6. The van der Waals surface area contributed by atoms with E-state index in [0.29, 0.717) is 23.2 Å². The number of nitrogens with zero attached hydrogens (tertiary/aromatic N) is 2. The number of nitrogens with one attached hydrogen (secondary N) is 1. The summed E-state index contributed by atoms with van der Waals surface area (Å²) in [7, 11) is 0. The summed E-state index contributed by atoms with van der Waals surface area (Å²) in [6.45, 7) is 4.84. The van der Waals surface area contributed by atoms with E-state index in [1.807, 2.05) is 13.0 Å². The van der Waals surface area contributed by atoms with Crippen molar-refractivity contribution >= 4 is 28.8 Å². The van der Waals surface area contributed by atoms with Gasteiger partial charge in [0.1, 0.15) is 16.2 Å². The van der Waals surface area contributed by atoms with Crippen LogP contribution in [-0.4, -0.2) is 47.1 Å². The lowest BCUT2D eigenvalue weighted by Crippen LogP contribution is -2.63. The van der Waals surface area contributed by atoms with E-state index in [0.717, 1.165) is 50.2 Å². The normalized spacial score (nSPS) is 26.4. The quantitative estimate of drug-likeness (QED) is 0.834. The van der Waals surface area contributed by atoms with E-state index >= 15 is 0 Å². The number of morpholine rings is 1. The molecule has 6 nitrogen and oxygen atoms in total. The molecular formula is C19H24ClN3O3S. The summed E-state index contributed by atoms with van der Waals surface area (Å²) in [5.74, 6) is 0.813. The van der Waals surface area contributed by atoms with Crippen LogP contribution in [0.25, 0.3) is 0 Å². The largest absolute Gasteiger partial charge is 0.448 e. The van der Waals surface area contributed by atoms with Gasteiger partial charge in [0.05, 0.1) is 30.4 Å². The number of aromatic nitrogens is 1. The molecule has 1 amide bonds. The second kappa shape index (κ2) is 7.91. The minimum Gasteiger partial charge on any atom is -0.448 e. The highest BCUT2D eigenvalue weighted by Crippen LogP contribution is 2.36. The standard InChI is InChI=1S/C19H24ClN3O3S/c1-13-17(27-12-21-13)18(24)22-15-4-2-3-7-19(15)11-23(8-9-25-19)10-14-5-6-16(20)26-14/h5-6,12,15H,2-4,7-11H2,1H3,(H,22,24)/t15-,19-/m0/s1. The first-order valence-electron chi connectivity index (χ1n) is 9.37. The number of furan rings is 1. The van der Waals surface area contributed by atoms with Crippen molar-refractivity contribution in [1.82, 2.24) is 15.2 Å². The zero-order valence-corrected chi connectivity index (χ0v) is 16.9. The Kier molecular flexibility index (Phi) is 5.55. The number of thiazole rings is 1. The number of aryl methyl sites for hydroxylation is 1. The molecule has 2 aromatic heterocycles. The van der Waals surface area contributed by atoms with Gasteiger partial charge in [-0.2, -0.15) is 0 Å². The van der Waals surface area contributed by atoms with E-state index in [1.54, 1.807) is 11.6 Å². The van der Waals surface area contributed by atoms with Gasteiger partial charge in [0.15, 0.2) is 5.22 Å². The summed E-state index contributed by atoms with van der Waals surface area (Å²) < 4.78 is 11.8. The Labute approximate surface area is 167 Å². The number of rotatable bonds is 4. The average Bonchev–Trinajstić information content (AvgIpc) is 3.25. The maximum atomic E-state index is 12.8. The lowest BCUT2D eigenvalue weighted by molar-refractivity contribution is -0.143. The summed E-state index contributed by atoms with van der Waals surface area (Å²) in [6.07, 6.45) is 4.11. The number of carbonyl (C=O) groups is 1. The molecule has 27 heavy (non-hydrogen) atoms. The summed E-state index contributed by atoms with van der Waals surface area (Å²) in [6, 6.07) is 3.69. The van der Waals surface area contributed by atoms with Crippen LogP contribution in [0.1, 0.15) is 46.8 Å². The molecule has 1 saturated heterocycles. The molecule has 1 N–H and O–H groups in total. The van der Waals surface area contributed by atoms with E-state index in [-0.39, 0.29) is 17.6 Å². The van der Waals surface area contributed by atoms with Gasteiger partial charge in [0, 0.05) is 13.1 Å². The van der Waals surface area contributed by atoms with Gasteiger partial charge < -0.3 is 14.5 Å². The van der Waals surface area contributed by atoms with Gasteiger partial charge in [-0.3, -0.25) is 9.69 Å². The van der Waals surface area contributed by atoms with Gasteiger partial charge in [0.25, 0.3) is 5.91 Å². The molecule has 1 saturated carbocycles. The number of ether oxygens (including phenoxy) is 1. The average molecular weight is 410 g/mol. The van der Waals surface area contributed by atoms with Crippen molar-refractivity contribution in [1.29, 1.82) is 0 Å². The highest BCUT2D eigenvalue weighted by molar-refractivity contribution is 7.11. The molecule has 2 atom stereocenters. The molecule has 2 aliphatic rings. The van der Waals surface area contributed by atoms with Crippen LogP contribution in [0.15, 0.2) is 22.1 Å². The van der Waals surface area contributed by atoms with Crippen molar-refractivity contribution in [2.75, 3.05) is 19.7 Å². The third kappa shape index (κ3) is 4.06. The number of hydrogen-bond donors (Lipinski definition) is 1. The van der Waals surface area contributed by atoms with Gasteiger partial charge in [-0.25, -0.2) is 4.98 Å². The lowest BCUT2D eigenvalue weighted by Gasteiger charge is -2.49. The molecule has 4 rings (SSSR count). The Hall–Kier alpha value is -1.41. The Morgan fingerprint density at radius 3 is 3.11 bits per heavy atom. The predicted octanol–water partition coefficient (Wildman–Crippen LogP) is 3.64. The minimum atomic E-state index is -0.346. The van der Waals surface area contributed by atoms with Crippen LogP contribution < -0.4 is 5.32 Å². The van der Waals surface area contributed by atoms with Crippen molar-refractivity contribution in [3.05, 3.63) is 39.2 Å². The first kappa shape index (κ1) is 18.9. The predicted molar refractivity (Wildman–Crippen MR) is 104 cm³/mol. The fraction of sp³-hybridized carbons (Fsp3) is 0.579. The zero-order chi connectivity index (χ0) is 18.9. The zero-order valence-electron chi connectivity index (χ0n) is 15.4. The maximum Gasteiger partial charge on any atom is 0.263 e. The number of amides is 1. The molecule has 146 valence electrons. The lowest BCUT2D eigenvalue weighted by atomic mass is 9.78. The third-order valence-corrected chi connectivity index (χ3v) is 6.66. The monoisotopic (exact) mass is 409 g/mol. The van der Waals surface area contributed by atoms with Crippen LogP contribution in [0, 0.1) is 6.92 Å². The second-order valence-corrected chi connectivity index (χ2v) is 8.60. The Morgan fingerprint density at radius 1 is 1.48 bits per heavy atom. The van der Waals surface area contributed by atoms with Gasteiger partial charge in [0.2, 0.25) is 0 Å². The molecule has 1 spiro atoms. The number of carbonyl (C=O) groups excluding carboxylic acids is 1. The Bertz CT molecular complexity index is 804. The van der Waals surface area contributed by atoms with Crippen LogP contribution in [-0.2, 0) is 11.3 Å². The fourth-order valence-electron chi connectivity index (χ4n) is 4.19. The van der Waals surface area contributed by atoms with E-state index in [1.165, 1.54) is 11.3 Å². The van der Waals surface area contributed by atoms with Crippen LogP contribution >= 0.6 is 22.9 Å². The van der Waals surface area contributed by atoms with Gasteiger partial charge >= 0.3 is 0 Å². The van der Waals surface area contributed by atoms with Crippen molar-refractivity contribution in [3.8, 4) is 0 Å². The van der Waals surface area contributed by atoms with Crippen molar-refractivity contribution in [2.45, 2.75) is 50.8 Å². The van der Waals surface area contributed by atoms with E-state index in [2.05, 4.69) is 15.2 Å². The number of halogens is 1. The van der Waals surface area contributed by atoms with Crippen LogP contribution in [0.3, 0.4) is 0 Å². The second-order valence-electron chi connectivity index (χ2n) is 7.37. The molecule has 0 aromatic carbocycles. The summed E-state index contributed by atoms with van der Waals surface area (Å²) in [5.41, 5.74) is 2.15. The highest BCUT2D eigenvalue weighted by Gasteiger charge is 2.46. The molecule has 1 aliphatic heterocycles. The topological polar surface area (TPSA) is 67.6 Å². The fourth-order valence-corrected chi connectivity index (χ4v) is 5.06. The third-order valence-electron chi connectivity index (χ3n) is 5.53. The maximum absolute atomic E-state index is 12.8. The summed E-state index contributed by atoms with van der Waals surface area (Å²) >= 11 is 7.29. The molecule has 1 aliphatic carbocycles. The van der Waals surface area contributed by atoms with Gasteiger partial charge in [-0.05, 0) is 43.5 Å². The number of hydrogen-bond acceptors (Lipinski definition) is 6. The first-order chi connectivity index (χ1) is 13.1. The van der Waals surface area contributed by atoms with E-state index < -0.39 is 0 Å².